The van der Waals surface area contributed by atoms with E-state index in [-0.39, 0.29) is 23.6 Å². The predicted molar refractivity (Wildman–Crippen MR) is 116 cm³/mol. The van der Waals surface area contributed by atoms with E-state index in [1.165, 1.54) is 11.8 Å². The molecule has 0 saturated carbocycles. The summed E-state index contributed by atoms with van der Waals surface area (Å²) in [5.41, 5.74) is 1.86. The summed E-state index contributed by atoms with van der Waals surface area (Å²) in [4.78, 5) is 30.8. The number of aliphatic imine (C=N–C) groups is 1. The number of nitrogens with zero attached hydrogens (tertiary/aromatic N) is 2. The molecule has 1 saturated heterocycles. The van der Waals surface area contributed by atoms with E-state index in [0.29, 0.717) is 21.6 Å². The lowest BCUT2D eigenvalue weighted by atomic mass is 10.0. The molecule has 1 aliphatic heterocycles. The predicted octanol–water partition coefficient (Wildman–Crippen LogP) is 5.04. The quantitative estimate of drug-likeness (QED) is 0.696. The van der Waals surface area contributed by atoms with Crippen LogP contribution in [0.25, 0.3) is 17.4 Å². The van der Waals surface area contributed by atoms with Gasteiger partial charge >= 0.3 is 5.97 Å². The number of benzene rings is 1. The number of carbonyl (C=O) groups excluding carboxylic acids is 1. The summed E-state index contributed by atoms with van der Waals surface area (Å²) in [7, 11) is 0. The second-order valence-electron chi connectivity index (χ2n) is 7.42. The van der Waals surface area contributed by atoms with Gasteiger partial charge in [-0.15, -0.1) is 0 Å². The van der Waals surface area contributed by atoms with E-state index >= 15 is 0 Å². The minimum absolute atomic E-state index is 0.0148. The van der Waals surface area contributed by atoms with E-state index in [0.717, 1.165) is 11.1 Å². The number of amidine groups is 1. The molecular weight excluding hydrogens is 388 g/mol. The van der Waals surface area contributed by atoms with Crippen LogP contribution < -0.4 is 0 Å². The van der Waals surface area contributed by atoms with Gasteiger partial charge in [0.2, 0.25) is 0 Å². The number of rotatable bonds is 5. The van der Waals surface area contributed by atoms with E-state index in [1.807, 2.05) is 40.7 Å². The Morgan fingerprint density at radius 2 is 1.93 bits per heavy atom. The third kappa shape index (κ3) is 4.45. The van der Waals surface area contributed by atoms with E-state index in [4.69, 9.17) is 9.52 Å². The van der Waals surface area contributed by atoms with Crippen molar-refractivity contribution in [2.45, 2.75) is 46.7 Å². The molecule has 0 spiro atoms. The Morgan fingerprint density at radius 3 is 2.52 bits per heavy atom. The smallest absolute Gasteiger partial charge is 0.335 e. The molecule has 1 aliphatic rings. The number of carbonyl (C=O) groups is 2. The molecule has 1 aromatic heterocycles. The van der Waals surface area contributed by atoms with Crippen molar-refractivity contribution in [3.8, 4) is 11.3 Å². The van der Waals surface area contributed by atoms with Crippen LogP contribution in [0.3, 0.4) is 0 Å². The highest BCUT2D eigenvalue weighted by Gasteiger charge is 2.35. The average Bonchev–Trinajstić information content (AvgIpc) is 3.19. The SMILES string of the molecule is Cc1cc(C(=O)O)ccc1-c1ccc(/C=C2/SC(=NC(C)C)N(C(C)C)C2=O)o1. The highest BCUT2D eigenvalue weighted by atomic mass is 32.2. The fraction of sp³-hybridized carbons (Fsp3) is 0.318. The highest BCUT2D eigenvalue weighted by molar-refractivity contribution is 8.18. The molecule has 0 atom stereocenters. The Labute approximate surface area is 174 Å². The van der Waals surface area contributed by atoms with Gasteiger partial charge in [-0.1, -0.05) is 6.07 Å². The maximum atomic E-state index is 12.8. The molecule has 7 heteroatoms. The van der Waals surface area contributed by atoms with Crippen LogP contribution in [0.5, 0.6) is 0 Å². The van der Waals surface area contributed by atoms with Gasteiger partial charge in [-0.2, -0.15) is 0 Å². The van der Waals surface area contributed by atoms with E-state index < -0.39 is 5.97 Å². The van der Waals surface area contributed by atoms with E-state index in [1.54, 1.807) is 35.2 Å². The minimum Gasteiger partial charge on any atom is -0.478 e. The van der Waals surface area contributed by atoms with Crippen LogP contribution in [-0.4, -0.2) is 39.1 Å². The van der Waals surface area contributed by atoms with E-state index in [9.17, 15) is 9.59 Å². The summed E-state index contributed by atoms with van der Waals surface area (Å²) in [5, 5.41) is 9.82. The summed E-state index contributed by atoms with van der Waals surface area (Å²) in [5.74, 6) is 0.143. The Bertz CT molecular complexity index is 1020. The number of carboxylic acid groups (broad SMARTS) is 1. The number of thioether (sulfide) groups is 1. The molecule has 2 aromatic rings. The van der Waals surface area contributed by atoms with Gasteiger partial charge in [-0.25, -0.2) is 4.79 Å². The Balaban J connectivity index is 1.90. The number of furan rings is 1. The fourth-order valence-electron chi connectivity index (χ4n) is 3.03. The average molecular weight is 413 g/mol. The van der Waals surface area contributed by atoms with Gasteiger partial charge in [0.25, 0.3) is 5.91 Å². The number of hydrogen-bond acceptors (Lipinski definition) is 5. The van der Waals surface area contributed by atoms with Crippen molar-refractivity contribution in [2.24, 2.45) is 4.99 Å². The zero-order valence-corrected chi connectivity index (χ0v) is 17.9. The fourth-order valence-corrected chi connectivity index (χ4v) is 4.24. The van der Waals surface area contributed by atoms with Crippen molar-refractivity contribution in [3.05, 3.63) is 52.1 Å². The van der Waals surface area contributed by atoms with Crippen LogP contribution in [0.15, 0.2) is 44.6 Å². The van der Waals surface area contributed by atoms with Gasteiger partial charge in [0.05, 0.1) is 10.5 Å². The Kier molecular flexibility index (Phi) is 5.98. The Morgan fingerprint density at radius 1 is 1.21 bits per heavy atom. The number of aryl methyl sites for hydroxylation is 1. The van der Waals surface area contributed by atoms with Crippen molar-refractivity contribution in [1.82, 2.24) is 4.90 Å². The first-order valence-electron chi connectivity index (χ1n) is 9.42. The molecule has 0 aliphatic carbocycles. The standard InChI is InChI=1S/C22H24N2O4S/c1-12(2)23-22-24(13(3)4)20(25)19(29-22)11-16-7-9-18(28-16)17-8-6-15(21(26)27)10-14(17)5/h6-13H,1-5H3,(H,26,27)/b19-11+,23-22?. The number of carboxylic acids is 1. The summed E-state index contributed by atoms with van der Waals surface area (Å²) in [6.45, 7) is 9.73. The van der Waals surface area contributed by atoms with Crippen molar-refractivity contribution >= 4 is 34.9 Å². The van der Waals surface area contributed by atoms with Crippen LogP contribution in [-0.2, 0) is 4.79 Å². The lowest BCUT2D eigenvalue weighted by Crippen LogP contribution is -2.35. The molecule has 29 heavy (non-hydrogen) atoms. The van der Waals surface area contributed by atoms with Crippen LogP contribution >= 0.6 is 11.8 Å². The molecule has 0 unspecified atom stereocenters. The third-order valence-corrected chi connectivity index (χ3v) is 5.36. The second-order valence-corrected chi connectivity index (χ2v) is 8.43. The van der Waals surface area contributed by atoms with Gasteiger partial charge in [-0.3, -0.25) is 14.7 Å². The molecule has 1 amide bonds. The molecule has 0 radical (unpaired) electrons. The zero-order valence-electron chi connectivity index (χ0n) is 17.1. The van der Waals surface area contributed by atoms with Crippen molar-refractivity contribution in [3.63, 3.8) is 0 Å². The summed E-state index contributed by atoms with van der Waals surface area (Å²) >= 11 is 1.35. The minimum atomic E-state index is -0.963. The summed E-state index contributed by atoms with van der Waals surface area (Å²) < 4.78 is 5.93. The third-order valence-electron chi connectivity index (χ3n) is 4.36. The molecule has 0 bridgehead atoms. The van der Waals surface area contributed by atoms with Gasteiger partial charge in [0, 0.05) is 23.7 Å². The molecular formula is C22H24N2O4S. The first-order valence-corrected chi connectivity index (χ1v) is 10.2. The van der Waals surface area contributed by atoms with Crippen molar-refractivity contribution in [1.29, 1.82) is 0 Å². The topological polar surface area (TPSA) is 83.1 Å². The molecule has 1 N–H and O–H groups in total. The Hall–Kier alpha value is -2.80. The van der Waals surface area contributed by atoms with Crippen LogP contribution in [0, 0.1) is 6.92 Å². The molecule has 2 heterocycles. The molecule has 6 nitrogen and oxygen atoms in total. The monoisotopic (exact) mass is 412 g/mol. The maximum absolute atomic E-state index is 12.8. The normalized spacial score (nSPS) is 17.3. The maximum Gasteiger partial charge on any atom is 0.335 e. The van der Waals surface area contributed by atoms with Crippen LogP contribution in [0.1, 0.15) is 49.4 Å². The van der Waals surface area contributed by atoms with Crippen molar-refractivity contribution in [2.75, 3.05) is 0 Å². The van der Waals surface area contributed by atoms with Gasteiger partial charge in [0.15, 0.2) is 5.17 Å². The molecule has 152 valence electrons. The number of hydrogen-bond donors (Lipinski definition) is 1. The lowest BCUT2D eigenvalue weighted by molar-refractivity contribution is -0.123. The molecule has 1 fully saturated rings. The summed E-state index contributed by atoms with van der Waals surface area (Å²) in [6, 6.07) is 8.64. The van der Waals surface area contributed by atoms with Crippen LogP contribution in [0.2, 0.25) is 0 Å². The summed E-state index contributed by atoms with van der Waals surface area (Å²) in [6.07, 6.45) is 1.73. The lowest BCUT2D eigenvalue weighted by Gasteiger charge is -2.20. The second kappa shape index (κ2) is 8.29. The van der Waals surface area contributed by atoms with Gasteiger partial charge in [0.1, 0.15) is 11.5 Å². The number of amides is 1. The molecule has 1 aromatic carbocycles. The van der Waals surface area contributed by atoms with Crippen molar-refractivity contribution < 1.29 is 19.1 Å². The van der Waals surface area contributed by atoms with E-state index in [2.05, 4.69) is 4.99 Å². The zero-order chi connectivity index (χ0) is 21.3. The molecule has 3 rings (SSSR count). The number of aromatic carboxylic acids is 1. The first-order chi connectivity index (χ1) is 13.7. The van der Waals surface area contributed by atoms with Gasteiger partial charge in [-0.05, 0) is 76.2 Å². The van der Waals surface area contributed by atoms with Gasteiger partial charge < -0.3 is 9.52 Å². The highest BCUT2D eigenvalue weighted by Crippen LogP contribution is 2.35. The first kappa shape index (κ1) is 20.9. The van der Waals surface area contributed by atoms with Crippen LogP contribution in [0.4, 0.5) is 0 Å². The largest absolute Gasteiger partial charge is 0.478 e.